The largest absolute Gasteiger partial charge is 0.354 e. The van der Waals surface area contributed by atoms with E-state index in [4.69, 9.17) is 5.84 Å². The summed E-state index contributed by atoms with van der Waals surface area (Å²) in [6.07, 6.45) is 3.82. The maximum absolute atomic E-state index is 5.53. The highest BCUT2D eigenvalue weighted by Crippen LogP contribution is 2.31. The number of thiophene rings is 1. The monoisotopic (exact) mass is 304 g/mol. The number of hydrazine groups is 1. The second-order valence-corrected chi connectivity index (χ2v) is 6.68. The molecule has 0 amide bonds. The Balaban J connectivity index is 1.72. The molecule has 3 N–H and O–H groups in total. The number of nitrogens with one attached hydrogen (secondary N) is 1. The van der Waals surface area contributed by atoms with Crippen LogP contribution in [0.15, 0.2) is 11.4 Å². The first kappa shape index (κ1) is 13.2. The molecule has 2 fully saturated rings. The maximum atomic E-state index is 5.53. The second-order valence-electron chi connectivity index (χ2n) is 5.79. The topological polar surface area (TPSA) is 70.3 Å². The van der Waals surface area contributed by atoms with Gasteiger partial charge in [-0.15, -0.1) is 11.3 Å². The minimum Gasteiger partial charge on any atom is -0.354 e. The van der Waals surface area contributed by atoms with Crippen LogP contribution < -0.4 is 16.2 Å². The third kappa shape index (κ3) is 2.35. The van der Waals surface area contributed by atoms with Crippen molar-refractivity contribution in [2.45, 2.75) is 25.3 Å². The van der Waals surface area contributed by atoms with E-state index in [-0.39, 0.29) is 0 Å². The fourth-order valence-electron chi connectivity index (χ4n) is 3.54. The Kier molecular flexibility index (Phi) is 3.40. The summed E-state index contributed by atoms with van der Waals surface area (Å²) >= 11 is 1.64. The van der Waals surface area contributed by atoms with E-state index >= 15 is 0 Å². The molecule has 2 saturated heterocycles. The van der Waals surface area contributed by atoms with Gasteiger partial charge in [-0.2, -0.15) is 4.98 Å². The van der Waals surface area contributed by atoms with Crippen molar-refractivity contribution in [2.75, 3.05) is 36.5 Å². The standard InChI is InChI=1S/C14H20N6S/c15-18-14-16-12(11-4-8-21-13(11)17-14)20-7-2-6-19-5-1-3-10(19)9-20/h4,8,10H,1-3,5-7,9,15H2,(H,16,17,18). The molecule has 2 aliphatic rings. The Hall–Kier alpha value is -1.44. The van der Waals surface area contributed by atoms with Crippen LogP contribution in [0.25, 0.3) is 10.2 Å². The molecule has 1 atom stereocenters. The molecule has 0 saturated carbocycles. The van der Waals surface area contributed by atoms with Gasteiger partial charge in [0.1, 0.15) is 10.6 Å². The predicted octanol–water partition coefficient (Wildman–Crippen LogP) is 1.65. The average Bonchev–Trinajstić information content (AvgIpc) is 3.10. The summed E-state index contributed by atoms with van der Waals surface area (Å²) in [6.45, 7) is 4.58. The fourth-order valence-corrected chi connectivity index (χ4v) is 4.30. The summed E-state index contributed by atoms with van der Waals surface area (Å²) in [4.78, 5) is 15.1. The van der Waals surface area contributed by atoms with Crippen molar-refractivity contribution >= 4 is 33.3 Å². The Morgan fingerprint density at radius 1 is 1.24 bits per heavy atom. The van der Waals surface area contributed by atoms with Crippen LogP contribution in [0.2, 0.25) is 0 Å². The Morgan fingerprint density at radius 3 is 3.05 bits per heavy atom. The molecule has 4 heterocycles. The minimum absolute atomic E-state index is 0.507. The summed E-state index contributed by atoms with van der Waals surface area (Å²) < 4.78 is 0. The highest BCUT2D eigenvalue weighted by Gasteiger charge is 2.30. The number of nitrogens with two attached hydrogens (primary N) is 1. The molecule has 112 valence electrons. The van der Waals surface area contributed by atoms with E-state index < -0.39 is 0 Å². The molecular weight excluding hydrogens is 284 g/mol. The number of nitrogens with zero attached hydrogens (tertiary/aromatic N) is 4. The molecule has 0 bridgehead atoms. The van der Waals surface area contributed by atoms with Crippen molar-refractivity contribution < 1.29 is 0 Å². The van der Waals surface area contributed by atoms with Gasteiger partial charge >= 0.3 is 0 Å². The third-order valence-electron chi connectivity index (χ3n) is 4.54. The number of aromatic nitrogens is 2. The molecule has 2 aromatic rings. The van der Waals surface area contributed by atoms with Crippen molar-refractivity contribution in [3.8, 4) is 0 Å². The van der Waals surface area contributed by atoms with Crippen molar-refractivity contribution in [2.24, 2.45) is 5.84 Å². The minimum atomic E-state index is 0.507. The highest BCUT2D eigenvalue weighted by molar-refractivity contribution is 7.16. The molecule has 2 aliphatic heterocycles. The van der Waals surface area contributed by atoms with E-state index in [2.05, 4.69) is 36.6 Å². The van der Waals surface area contributed by atoms with Crippen molar-refractivity contribution in [3.63, 3.8) is 0 Å². The molecule has 0 radical (unpaired) electrons. The molecule has 6 nitrogen and oxygen atoms in total. The average molecular weight is 304 g/mol. The van der Waals surface area contributed by atoms with Crippen LogP contribution in [0.5, 0.6) is 0 Å². The first-order valence-corrected chi connectivity index (χ1v) is 8.44. The summed E-state index contributed by atoms with van der Waals surface area (Å²) in [7, 11) is 0. The van der Waals surface area contributed by atoms with Crippen LogP contribution in [0, 0.1) is 0 Å². The lowest BCUT2D eigenvalue weighted by Gasteiger charge is -2.27. The quantitative estimate of drug-likeness (QED) is 0.649. The molecule has 4 rings (SSSR count). The number of fused-ring (bicyclic) bond motifs is 2. The van der Waals surface area contributed by atoms with E-state index in [1.54, 1.807) is 11.3 Å². The van der Waals surface area contributed by atoms with Crippen LogP contribution in [0.3, 0.4) is 0 Å². The summed E-state index contributed by atoms with van der Waals surface area (Å²) in [5.41, 5.74) is 2.60. The van der Waals surface area contributed by atoms with Gasteiger partial charge in [0.2, 0.25) is 5.95 Å². The summed E-state index contributed by atoms with van der Waals surface area (Å²) in [5.74, 6) is 7.06. The van der Waals surface area contributed by atoms with Gasteiger partial charge in [-0.1, -0.05) is 0 Å². The number of hydrogen-bond acceptors (Lipinski definition) is 7. The van der Waals surface area contributed by atoms with E-state index in [0.717, 1.165) is 29.1 Å². The van der Waals surface area contributed by atoms with E-state index in [9.17, 15) is 0 Å². The van der Waals surface area contributed by atoms with Crippen LogP contribution in [0.1, 0.15) is 19.3 Å². The normalized spacial score (nSPS) is 23.3. The zero-order valence-corrected chi connectivity index (χ0v) is 12.8. The zero-order valence-electron chi connectivity index (χ0n) is 12.0. The second kappa shape index (κ2) is 5.40. The molecule has 2 aromatic heterocycles. The molecule has 1 unspecified atom stereocenters. The van der Waals surface area contributed by atoms with Crippen LogP contribution in [-0.2, 0) is 0 Å². The van der Waals surface area contributed by atoms with Crippen LogP contribution in [0.4, 0.5) is 11.8 Å². The maximum Gasteiger partial charge on any atom is 0.240 e. The van der Waals surface area contributed by atoms with Gasteiger partial charge in [-0.05, 0) is 37.3 Å². The first-order valence-electron chi connectivity index (χ1n) is 7.56. The zero-order chi connectivity index (χ0) is 14.2. The van der Waals surface area contributed by atoms with Gasteiger partial charge in [0, 0.05) is 25.7 Å². The van der Waals surface area contributed by atoms with Crippen LogP contribution >= 0.6 is 11.3 Å². The van der Waals surface area contributed by atoms with Gasteiger partial charge in [0.05, 0.1) is 5.39 Å². The van der Waals surface area contributed by atoms with E-state index in [0.29, 0.717) is 12.0 Å². The highest BCUT2D eigenvalue weighted by atomic mass is 32.1. The van der Waals surface area contributed by atoms with Gasteiger partial charge in [0.15, 0.2) is 0 Å². The van der Waals surface area contributed by atoms with Gasteiger partial charge in [-0.3, -0.25) is 10.3 Å². The SMILES string of the molecule is NNc1nc(N2CCCN3CCCC3C2)c2ccsc2n1. The smallest absolute Gasteiger partial charge is 0.240 e. The van der Waals surface area contributed by atoms with E-state index in [1.807, 2.05) is 0 Å². The Labute approximate surface area is 127 Å². The Morgan fingerprint density at radius 2 is 2.14 bits per heavy atom. The number of nitrogen functional groups attached to an aromatic ring is 1. The molecular formula is C14H20N6S. The lowest BCUT2D eigenvalue weighted by atomic mass is 10.2. The number of rotatable bonds is 2. The van der Waals surface area contributed by atoms with Gasteiger partial charge in [-0.25, -0.2) is 10.8 Å². The van der Waals surface area contributed by atoms with Crippen molar-refractivity contribution in [1.29, 1.82) is 0 Å². The summed E-state index contributed by atoms with van der Waals surface area (Å²) in [6, 6.07) is 2.79. The third-order valence-corrected chi connectivity index (χ3v) is 5.34. The lowest BCUT2D eigenvalue weighted by Crippen LogP contribution is -2.37. The molecule has 0 aromatic carbocycles. The van der Waals surface area contributed by atoms with Gasteiger partial charge in [0.25, 0.3) is 0 Å². The molecule has 21 heavy (non-hydrogen) atoms. The number of anilines is 2. The molecule has 7 heteroatoms. The van der Waals surface area contributed by atoms with Gasteiger partial charge < -0.3 is 4.90 Å². The van der Waals surface area contributed by atoms with Crippen molar-refractivity contribution in [1.82, 2.24) is 14.9 Å². The van der Waals surface area contributed by atoms with Crippen LogP contribution in [-0.4, -0.2) is 47.1 Å². The van der Waals surface area contributed by atoms with Crippen molar-refractivity contribution in [3.05, 3.63) is 11.4 Å². The van der Waals surface area contributed by atoms with E-state index in [1.165, 1.54) is 32.4 Å². The first-order chi connectivity index (χ1) is 10.3. The number of hydrogen-bond donors (Lipinski definition) is 2. The lowest BCUT2D eigenvalue weighted by molar-refractivity contribution is 0.273. The molecule has 0 aliphatic carbocycles. The summed E-state index contributed by atoms with van der Waals surface area (Å²) in [5, 5.41) is 3.22. The predicted molar refractivity (Wildman–Crippen MR) is 86.7 cm³/mol. The Bertz CT molecular complexity index is 641. The molecule has 0 spiro atoms. The fraction of sp³-hybridized carbons (Fsp3) is 0.571.